The average molecular weight is 344 g/mol. The maximum atomic E-state index is 10.6. The largest absolute Gasteiger partial charge is 0.508 e. The van der Waals surface area contributed by atoms with E-state index in [1.54, 1.807) is 12.1 Å². The van der Waals surface area contributed by atoms with Crippen molar-refractivity contribution < 1.29 is 10.2 Å². The molecule has 0 aromatic heterocycles. The van der Waals surface area contributed by atoms with E-state index >= 15 is 0 Å². The summed E-state index contributed by atoms with van der Waals surface area (Å²) in [5.41, 5.74) is 6.95. The molecule has 0 radical (unpaired) electrons. The molecule has 0 fully saturated rings. The fourth-order valence-electron chi connectivity index (χ4n) is 4.72. The van der Waals surface area contributed by atoms with Crippen molar-refractivity contribution in [3.05, 3.63) is 94.0 Å². The van der Waals surface area contributed by atoms with Gasteiger partial charge >= 0.3 is 0 Å². The van der Waals surface area contributed by atoms with Crippen molar-refractivity contribution in [3.8, 4) is 11.5 Å². The van der Waals surface area contributed by atoms with Crippen LogP contribution < -0.4 is 0 Å². The predicted octanol–water partition coefficient (Wildman–Crippen LogP) is 5.63. The van der Waals surface area contributed by atoms with E-state index in [1.165, 1.54) is 22.3 Å². The molecule has 132 valence electrons. The van der Waals surface area contributed by atoms with Crippen LogP contribution in [0.3, 0.4) is 0 Å². The second-order valence-electron chi connectivity index (χ2n) is 7.49. The molecule has 2 N–H and O–H groups in total. The number of phenolic OH excluding ortho intramolecular Hbond substituents is 2. The van der Waals surface area contributed by atoms with Gasteiger partial charge in [0.05, 0.1) is 0 Å². The molecule has 0 aliphatic heterocycles. The molecule has 0 saturated carbocycles. The van der Waals surface area contributed by atoms with Gasteiger partial charge in [0, 0.05) is 11.8 Å². The Morgan fingerprint density at radius 2 is 1.38 bits per heavy atom. The first kappa shape index (κ1) is 16.7. The lowest BCUT2D eigenvalue weighted by Crippen LogP contribution is -2.11. The van der Waals surface area contributed by atoms with Crippen LogP contribution in [-0.4, -0.2) is 10.2 Å². The number of phenols is 2. The summed E-state index contributed by atoms with van der Waals surface area (Å²) < 4.78 is 0. The van der Waals surface area contributed by atoms with Gasteiger partial charge in [-0.2, -0.15) is 0 Å². The minimum absolute atomic E-state index is 0.197. The van der Waals surface area contributed by atoms with Crippen LogP contribution >= 0.6 is 0 Å². The molecule has 0 unspecified atom stereocenters. The highest BCUT2D eigenvalue weighted by molar-refractivity contribution is 5.59. The second kappa shape index (κ2) is 6.21. The fraction of sp³-hybridized carbons (Fsp3) is 0.250. The minimum atomic E-state index is 0.197. The molecular weight excluding hydrogens is 320 g/mol. The van der Waals surface area contributed by atoms with Gasteiger partial charge in [-0.15, -0.1) is 0 Å². The molecule has 3 aromatic carbocycles. The molecule has 1 aliphatic carbocycles. The Kier molecular flexibility index (Phi) is 3.99. The fourth-order valence-corrected chi connectivity index (χ4v) is 4.72. The normalized spacial score (nSPS) is 21.6. The molecule has 4 rings (SSSR count). The topological polar surface area (TPSA) is 40.5 Å². The molecule has 0 heterocycles. The number of hydrogen-bond donors (Lipinski definition) is 2. The maximum absolute atomic E-state index is 10.6. The van der Waals surface area contributed by atoms with Crippen molar-refractivity contribution in [2.45, 2.75) is 32.6 Å². The lowest BCUT2D eigenvalue weighted by atomic mass is 9.81. The molecule has 3 atom stereocenters. The van der Waals surface area contributed by atoms with Crippen molar-refractivity contribution in [3.63, 3.8) is 0 Å². The number of hydrogen-bond acceptors (Lipinski definition) is 2. The highest BCUT2D eigenvalue weighted by atomic mass is 16.3. The van der Waals surface area contributed by atoms with Gasteiger partial charge in [0.25, 0.3) is 0 Å². The van der Waals surface area contributed by atoms with Crippen LogP contribution in [0.2, 0.25) is 0 Å². The first-order chi connectivity index (χ1) is 12.5. The van der Waals surface area contributed by atoms with E-state index in [0.717, 1.165) is 11.1 Å². The average Bonchev–Trinajstić information content (AvgIpc) is 2.93. The van der Waals surface area contributed by atoms with Crippen LogP contribution in [0.5, 0.6) is 11.5 Å². The van der Waals surface area contributed by atoms with Crippen LogP contribution in [0, 0.1) is 19.8 Å². The predicted molar refractivity (Wildman–Crippen MR) is 105 cm³/mol. The van der Waals surface area contributed by atoms with Crippen LogP contribution in [0.15, 0.2) is 60.7 Å². The van der Waals surface area contributed by atoms with E-state index < -0.39 is 0 Å². The van der Waals surface area contributed by atoms with Crippen LogP contribution in [0.1, 0.15) is 52.1 Å². The van der Waals surface area contributed by atoms with Crippen LogP contribution in [0.4, 0.5) is 0 Å². The van der Waals surface area contributed by atoms with Crippen LogP contribution in [0.25, 0.3) is 0 Å². The van der Waals surface area contributed by atoms with Gasteiger partial charge in [0.15, 0.2) is 0 Å². The van der Waals surface area contributed by atoms with Gasteiger partial charge in [0.2, 0.25) is 0 Å². The van der Waals surface area contributed by atoms with E-state index in [9.17, 15) is 10.2 Å². The molecule has 0 spiro atoms. The quantitative estimate of drug-likeness (QED) is 0.632. The molecular formula is C24H24O2. The lowest BCUT2D eigenvalue weighted by molar-refractivity contribution is 0.464. The Bertz CT molecular complexity index is 942. The molecule has 26 heavy (non-hydrogen) atoms. The standard InChI is InChI=1S/C24H24O2/c1-14-13-20-21(17-7-5-4-6-8-17)15(2)22(23(20)16(3)24(14)26)18-9-11-19(25)12-10-18/h4-13,15,21-22,25-26H,1-3H3/t15-,21-,22+/m0/s1. The molecule has 1 aliphatic rings. The van der Waals surface area contributed by atoms with Gasteiger partial charge in [-0.1, -0.05) is 55.5 Å². The Hall–Kier alpha value is -2.74. The van der Waals surface area contributed by atoms with Crippen molar-refractivity contribution >= 4 is 0 Å². The Morgan fingerprint density at radius 3 is 2.04 bits per heavy atom. The van der Waals surface area contributed by atoms with E-state index in [-0.39, 0.29) is 11.7 Å². The number of aryl methyl sites for hydroxylation is 1. The maximum Gasteiger partial charge on any atom is 0.121 e. The zero-order valence-corrected chi connectivity index (χ0v) is 15.4. The van der Waals surface area contributed by atoms with E-state index in [2.05, 4.69) is 43.3 Å². The summed E-state index contributed by atoms with van der Waals surface area (Å²) in [6.07, 6.45) is 0. The van der Waals surface area contributed by atoms with E-state index in [0.29, 0.717) is 17.6 Å². The smallest absolute Gasteiger partial charge is 0.121 e. The Morgan fingerprint density at radius 1 is 0.769 bits per heavy atom. The van der Waals surface area contributed by atoms with Crippen molar-refractivity contribution in [2.24, 2.45) is 5.92 Å². The molecule has 0 saturated heterocycles. The van der Waals surface area contributed by atoms with E-state index in [4.69, 9.17) is 0 Å². The number of fused-ring (bicyclic) bond motifs is 1. The monoisotopic (exact) mass is 344 g/mol. The molecule has 2 nitrogen and oxygen atoms in total. The number of rotatable bonds is 2. The summed E-state index contributed by atoms with van der Waals surface area (Å²) in [5, 5.41) is 20.3. The number of benzene rings is 3. The van der Waals surface area contributed by atoms with Crippen molar-refractivity contribution in [1.82, 2.24) is 0 Å². The Labute approximate surface area is 154 Å². The first-order valence-electron chi connectivity index (χ1n) is 9.16. The van der Waals surface area contributed by atoms with E-state index in [1.807, 2.05) is 26.0 Å². The summed E-state index contributed by atoms with van der Waals surface area (Å²) >= 11 is 0. The number of aromatic hydroxyl groups is 2. The highest BCUT2D eigenvalue weighted by Gasteiger charge is 2.41. The summed E-state index contributed by atoms with van der Waals surface area (Å²) in [6.45, 7) is 6.29. The third-order valence-corrected chi connectivity index (χ3v) is 5.92. The van der Waals surface area contributed by atoms with Gasteiger partial charge in [-0.3, -0.25) is 0 Å². The minimum Gasteiger partial charge on any atom is -0.508 e. The van der Waals surface area contributed by atoms with Crippen molar-refractivity contribution in [1.29, 1.82) is 0 Å². The first-order valence-corrected chi connectivity index (χ1v) is 9.16. The zero-order valence-electron chi connectivity index (χ0n) is 15.4. The molecule has 0 amide bonds. The third-order valence-electron chi connectivity index (χ3n) is 5.92. The SMILES string of the molecule is Cc1cc2c(c(C)c1O)[C@@H](c1ccc(O)cc1)[C@@H](C)[C@H]2c1ccccc1. The van der Waals surface area contributed by atoms with Gasteiger partial charge in [0.1, 0.15) is 11.5 Å². The molecule has 0 bridgehead atoms. The van der Waals surface area contributed by atoms with Crippen molar-refractivity contribution in [2.75, 3.05) is 0 Å². The Balaban J connectivity index is 1.96. The lowest BCUT2D eigenvalue weighted by Gasteiger charge is -2.23. The van der Waals surface area contributed by atoms with Gasteiger partial charge in [-0.25, -0.2) is 0 Å². The summed E-state index contributed by atoms with van der Waals surface area (Å²) in [4.78, 5) is 0. The molecule has 3 aromatic rings. The summed E-state index contributed by atoms with van der Waals surface area (Å²) in [7, 11) is 0. The highest BCUT2D eigenvalue weighted by Crippen LogP contribution is 2.55. The third kappa shape index (κ3) is 2.48. The van der Waals surface area contributed by atoms with Gasteiger partial charge in [-0.05, 0) is 65.3 Å². The second-order valence-corrected chi connectivity index (χ2v) is 7.49. The summed E-state index contributed by atoms with van der Waals surface area (Å²) in [5.74, 6) is 1.53. The summed E-state index contributed by atoms with van der Waals surface area (Å²) in [6, 6.07) is 20.3. The van der Waals surface area contributed by atoms with Crippen LogP contribution in [-0.2, 0) is 0 Å². The molecule has 2 heteroatoms. The van der Waals surface area contributed by atoms with Gasteiger partial charge < -0.3 is 10.2 Å². The zero-order chi connectivity index (χ0) is 18.4.